The molecule has 4 rings (SSSR count). The van der Waals surface area contributed by atoms with Crippen LogP contribution in [0, 0.1) is 0 Å². The molecule has 106 valence electrons. The minimum absolute atomic E-state index is 0.366. The number of hydrogen-bond acceptors (Lipinski definition) is 2. The summed E-state index contributed by atoms with van der Waals surface area (Å²) in [5.41, 5.74) is 5.01. The van der Waals surface area contributed by atoms with Gasteiger partial charge in [0, 0.05) is 35.0 Å². The molecule has 2 aromatic carbocycles. The first kappa shape index (κ1) is 12.9. The smallest absolute Gasteiger partial charge is 0.138 e. The van der Waals surface area contributed by atoms with Crippen molar-refractivity contribution in [2.24, 2.45) is 0 Å². The van der Waals surface area contributed by atoms with E-state index in [1.54, 1.807) is 6.26 Å². The number of halogens is 1. The van der Waals surface area contributed by atoms with Crippen molar-refractivity contribution >= 4 is 22.6 Å². The Labute approximate surface area is 128 Å². The molecule has 3 heteroatoms. The van der Waals surface area contributed by atoms with E-state index < -0.39 is 0 Å². The average molecular weight is 298 g/mol. The van der Waals surface area contributed by atoms with Crippen molar-refractivity contribution in [3.8, 4) is 0 Å². The standard InChI is InChI=1S/C18H16ClNO/c1-20-10-16(12-2-5-14(19)6-3-12)15-7-4-13-8-9-21-18(13)17(15)11-20/h2-9,16H,10-11H2,1H3. The third-order valence-corrected chi connectivity index (χ3v) is 4.58. The largest absolute Gasteiger partial charge is 0.464 e. The van der Waals surface area contributed by atoms with E-state index in [0.29, 0.717) is 5.92 Å². The lowest BCUT2D eigenvalue weighted by molar-refractivity contribution is 0.295. The monoisotopic (exact) mass is 297 g/mol. The first-order valence-corrected chi connectivity index (χ1v) is 7.53. The Morgan fingerprint density at radius 2 is 1.90 bits per heavy atom. The molecule has 1 aromatic heterocycles. The second-order valence-corrected chi connectivity index (χ2v) is 6.21. The van der Waals surface area contributed by atoms with Crippen molar-refractivity contribution in [2.45, 2.75) is 12.5 Å². The highest BCUT2D eigenvalue weighted by molar-refractivity contribution is 6.30. The summed E-state index contributed by atoms with van der Waals surface area (Å²) in [6.07, 6.45) is 1.77. The van der Waals surface area contributed by atoms with Crippen LogP contribution in [0.2, 0.25) is 5.02 Å². The molecule has 1 atom stereocenters. The fourth-order valence-electron chi connectivity index (χ4n) is 3.32. The van der Waals surface area contributed by atoms with Gasteiger partial charge in [-0.05, 0) is 36.4 Å². The van der Waals surface area contributed by atoms with Crippen LogP contribution >= 0.6 is 11.6 Å². The number of benzene rings is 2. The minimum Gasteiger partial charge on any atom is -0.464 e. The van der Waals surface area contributed by atoms with Gasteiger partial charge < -0.3 is 9.32 Å². The quantitative estimate of drug-likeness (QED) is 0.649. The van der Waals surface area contributed by atoms with E-state index in [1.165, 1.54) is 22.1 Å². The third-order valence-electron chi connectivity index (χ3n) is 4.33. The molecule has 2 heterocycles. The molecular weight excluding hydrogens is 282 g/mol. The van der Waals surface area contributed by atoms with Gasteiger partial charge in [-0.3, -0.25) is 0 Å². The Morgan fingerprint density at radius 3 is 2.71 bits per heavy atom. The number of furan rings is 1. The van der Waals surface area contributed by atoms with Gasteiger partial charge in [-0.1, -0.05) is 35.9 Å². The second kappa shape index (κ2) is 4.90. The van der Waals surface area contributed by atoms with E-state index in [9.17, 15) is 0 Å². The highest BCUT2D eigenvalue weighted by Crippen LogP contribution is 2.37. The summed E-state index contributed by atoms with van der Waals surface area (Å²) in [5.74, 6) is 0.366. The van der Waals surface area contributed by atoms with Gasteiger partial charge in [0.2, 0.25) is 0 Å². The third kappa shape index (κ3) is 2.15. The van der Waals surface area contributed by atoms with Gasteiger partial charge in [0.15, 0.2) is 0 Å². The molecule has 3 aromatic rings. The van der Waals surface area contributed by atoms with Gasteiger partial charge in [-0.15, -0.1) is 0 Å². The van der Waals surface area contributed by atoms with E-state index in [2.05, 4.69) is 36.2 Å². The molecule has 0 N–H and O–H groups in total. The molecule has 1 aliphatic heterocycles. The maximum absolute atomic E-state index is 6.02. The lowest BCUT2D eigenvalue weighted by Gasteiger charge is -2.32. The van der Waals surface area contributed by atoms with Crippen molar-refractivity contribution in [3.05, 3.63) is 70.4 Å². The zero-order valence-corrected chi connectivity index (χ0v) is 12.6. The molecule has 2 nitrogen and oxygen atoms in total. The van der Waals surface area contributed by atoms with E-state index in [1.807, 2.05) is 18.2 Å². The van der Waals surface area contributed by atoms with Crippen LogP contribution in [-0.4, -0.2) is 18.5 Å². The summed E-state index contributed by atoms with van der Waals surface area (Å²) in [7, 11) is 2.16. The summed E-state index contributed by atoms with van der Waals surface area (Å²) in [6, 6.07) is 14.6. The number of fused-ring (bicyclic) bond motifs is 3. The normalized spacial score (nSPS) is 18.9. The fraction of sp³-hybridized carbons (Fsp3) is 0.222. The SMILES string of the molecule is CN1Cc2c(ccc3ccoc23)C(c2ccc(Cl)cc2)C1. The topological polar surface area (TPSA) is 16.4 Å². The van der Waals surface area contributed by atoms with Gasteiger partial charge in [0.1, 0.15) is 5.58 Å². The lowest BCUT2D eigenvalue weighted by Crippen LogP contribution is -2.31. The summed E-state index contributed by atoms with van der Waals surface area (Å²) in [5, 5.41) is 1.96. The summed E-state index contributed by atoms with van der Waals surface area (Å²) >= 11 is 6.02. The Morgan fingerprint density at radius 1 is 1.10 bits per heavy atom. The molecule has 0 saturated carbocycles. The van der Waals surface area contributed by atoms with Crippen LogP contribution in [0.3, 0.4) is 0 Å². The van der Waals surface area contributed by atoms with Crippen LogP contribution < -0.4 is 0 Å². The zero-order chi connectivity index (χ0) is 14.4. The molecule has 1 aliphatic rings. The molecule has 0 bridgehead atoms. The van der Waals surface area contributed by atoms with Crippen molar-refractivity contribution in [2.75, 3.05) is 13.6 Å². The summed E-state index contributed by atoms with van der Waals surface area (Å²) in [6.45, 7) is 1.95. The van der Waals surface area contributed by atoms with Crippen LogP contribution in [0.15, 0.2) is 53.1 Å². The first-order chi connectivity index (χ1) is 10.2. The fourth-order valence-corrected chi connectivity index (χ4v) is 3.45. The summed E-state index contributed by atoms with van der Waals surface area (Å²) in [4.78, 5) is 2.35. The minimum atomic E-state index is 0.366. The molecule has 21 heavy (non-hydrogen) atoms. The van der Waals surface area contributed by atoms with Gasteiger partial charge >= 0.3 is 0 Å². The molecule has 0 radical (unpaired) electrons. The number of likely N-dealkylation sites (N-methyl/N-ethyl adjacent to an activating group) is 1. The van der Waals surface area contributed by atoms with Gasteiger partial charge in [-0.25, -0.2) is 0 Å². The Hall–Kier alpha value is -1.77. The molecule has 0 amide bonds. The highest BCUT2D eigenvalue weighted by atomic mass is 35.5. The Kier molecular flexibility index (Phi) is 3.02. The van der Waals surface area contributed by atoms with Gasteiger partial charge in [-0.2, -0.15) is 0 Å². The Bertz CT molecular complexity index is 791. The van der Waals surface area contributed by atoms with Gasteiger partial charge in [0.05, 0.1) is 6.26 Å². The predicted molar refractivity (Wildman–Crippen MR) is 85.8 cm³/mol. The number of hydrogen-bond donors (Lipinski definition) is 0. The van der Waals surface area contributed by atoms with Crippen LogP contribution in [0.5, 0.6) is 0 Å². The van der Waals surface area contributed by atoms with E-state index in [-0.39, 0.29) is 0 Å². The van der Waals surface area contributed by atoms with Crippen LogP contribution in [0.25, 0.3) is 11.0 Å². The lowest BCUT2D eigenvalue weighted by atomic mass is 9.84. The molecule has 0 fully saturated rings. The van der Waals surface area contributed by atoms with E-state index in [0.717, 1.165) is 23.7 Å². The van der Waals surface area contributed by atoms with Crippen molar-refractivity contribution in [1.29, 1.82) is 0 Å². The van der Waals surface area contributed by atoms with Crippen molar-refractivity contribution < 1.29 is 4.42 Å². The predicted octanol–water partition coefficient (Wildman–Crippen LogP) is 4.66. The Balaban J connectivity index is 1.89. The highest BCUT2D eigenvalue weighted by Gasteiger charge is 2.27. The van der Waals surface area contributed by atoms with Crippen LogP contribution in [0.4, 0.5) is 0 Å². The van der Waals surface area contributed by atoms with Crippen LogP contribution in [-0.2, 0) is 6.54 Å². The summed E-state index contributed by atoms with van der Waals surface area (Å²) < 4.78 is 5.72. The van der Waals surface area contributed by atoms with Crippen LogP contribution in [0.1, 0.15) is 22.6 Å². The molecular formula is C18H16ClNO. The maximum atomic E-state index is 6.02. The molecule has 0 aliphatic carbocycles. The zero-order valence-electron chi connectivity index (χ0n) is 11.8. The van der Waals surface area contributed by atoms with Crippen molar-refractivity contribution in [1.82, 2.24) is 4.90 Å². The molecule has 1 unspecified atom stereocenters. The second-order valence-electron chi connectivity index (χ2n) is 5.77. The van der Waals surface area contributed by atoms with Gasteiger partial charge in [0.25, 0.3) is 0 Å². The number of nitrogens with zero attached hydrogens (tertiary/aromatic N) is 1. The van der Waals surface area contributed by atoms with Crippen molar-refractivity contribution in [3.63, 3.8) is 0 Å². The molecule has 0 saturated heterocycles. The number of rotatable bonds is 1. The van der Waals surface area contributed by atoms with E-state index in [4.69, 9.17) is 16.0 Å². The maximum Gasteiger partial charge on any atom is 0.138 e. The average Bonchev–Trinajstić information content (AvgIpc) is 2.96. The first-order valence-electron chi connectivity index (χ1n) is 7.15. The van der Waals surface area contributed by atoms with E-state index >= 15 is 0 Å². The molecule has 0 spiro atoms.